The molecular weight excluding hydrogens is 526 g/mol. The molecule has 2 aromatic carbocycles. The van der Waals surface area contributed by atoms with Crippen molar-refractivity contribution < 1.29 is 9.53 Å². The molecule has 9 heteroatoms. The van der Waals surface area contributed by atoms with E-state index < -0.39 is 0 Å². The van der Waals surface area contributed by atoms with Gasteiger partial charge in [-0.3, -0.25) is 4.79 Å². The van der Waals surface area contributed by atoms with Gasteiger partial charge >= 0.3 is 0 Å². The summed E-state index contributed by atoms with van der Waals surface area (Å²) in [4.78, 5) is 17.5. The van der Waals surface area contributed by atoms with Gasteiger partial charge in [0.05, 0.1) is 12.6 Å². The van der Waals surface area contributed by atoms with Gasteiger partial charge in [0.15, 0.2) is 12.6 Å². The minimum atomic E-state index is -0.125. The lowest BCUT2D eigenvalue weighted by Gasteiger charge is -2.16. The van der Waals surface area contributed by atoms with Crippen molar-refractivity contribution in [3.8, 4) is 5.75 Å². The number of hydrogen-bond acceptors (Lipinski definition) is 3. The summed E-state index contributed by atoms with van der Waals surface area (Å²) in [7, 11) is 3.37. The zero-order chi connectivity index (χ0) is 20.7. The van der Waals surface area contributed by atoms with Crippen molar-refractivity contribution in [3.63, 3.8) is 0 Å². The number of guanidine groups is 1. The van der Waals surface area contributed by atoms with Crippen molar-refractivity contribution in [2.24, 2.45) is 10.7 Å². The summed E-state index contributed by atoms with van der Waals surface area (Å²) in [5.74, 6) is 0.801. The SMILES string of the molecule is CC(NC(N)=NCc1cccc(OCC(=O)N(C)C)c1)c1ccc(Cl)cc1Cl.I. The highest BCUT2D eigenvalue weighted by Crippen LogP contribution is 2.26. The maximum atomic E-state index is 11.6. The topological polar surface area (TPSA) is 80.0 Å². The summed E-state index contributed by atoms with van der Waals surface area (Å²) in [6.45, 7) is 2.30. The van der Waals surface area contributed by atoms with Crippen LogP contribution < -0.4 is 15.8 Å². The van der Waals surface area contributed by atoms with Crippen molar-refractivity contribution in [1.82, 2.24) is 10.2 Å². The van der Waals surface area contributed by atoms with E-state index in [1.54, 1.807) is 32.3 Å². The van der Waals surface area contributed by atoms with E-state index in [9.17, 15) is 4.79 Å². The molecule has 29 heavy (non-hydrogen) atoms. The lowest BCUT2D eigenvalue weighted by molar-refractivity contribution is -0.130. The van der Waals surface area contributed by atoms with E-state index in [0.29, 0.717) is 28.3 Å². The number of nitrogens with zero attached hydrogens (tertiary/aromatic N) is 2. The molecule has 2 aromatic rings. The highest BCUT2D eigenvalue weighted by molar-refractivity contribution is 14.0. The number of likely N-dealkylation sites (N-methyl/N-ethyl adjacent to an activating group) is 1. The van der Waals surface area contributed by atoms with Crippen molar-refractivity contribution in [1.29, 1.82) is 0 Å². The van der Waals surface area contributed by atoms with E-state index in [1.165, 1.54) is 4.90 Å². The quantitative estimate of drug-likeness (QED) is 0.307. The number of rotatable bonds is 7. The molecule has 0 aliphatic carbocycles. The number of carbonyl (C=O) groups excluding carboxylic acids is 1. The molecule has 1 amide bonds. The first-order valence-electron chi connectivity index (χ1n) is 8.69. The molecule has 0 aliphatic rings. The summed E-state index contributed by atoms with van der Waals surface area (Å²) in [5.41, 5.74) is 7.79. The third-order valence-electron chi connectivity index (χ3n) is 3.98. The second kappa shape index (κ2) is 12.1. The fourth-order valence-electron chi connectivity index (χ4n) is 2.38. The lowest BCUT2D eigenvalue weighted by Crippen LogP contribution is -2.34. The normalized spacial score (nSPS) is 12.0. The molecule has 0 saturated heterocycles. The molecule has 6 nitrogen and oxygen atoms in total. The number of aliphatic imine (C=N–C) groups is 1. The van der Waals surface area contributed by atoms with Crippen LogP contribution in [0.15, 0.2) is 47.5 Å². The van der Waals surface area contributed by atoms with Gasteiger partial charge in [-0.1, -0.05) is 41.4 Å². The van der Waals surface area contributed by atoms with E-state index in [2.05, 4.69) is 10.3 Å². The Bertz CT molecular complexity index is 862. The molecule has 158 valence electrons. The molecule has 0 aliphatic heterocycles. The third kappa shape index (κ3) is 8.28. The number of ether oxygens (including phenoxy) is 1. The fraction of sp³-hybridized carbons (Fsp3) is 0.300. The summed E-state index contributed by atoms with van der Waals surface area (Å²) in [6, 6.07) is 12.6. The zero-order valence-corrected chi connectivity index (χ0v) is 20.3. The minimum Gasteiger partial charge on any atom is -0.484 e. The average Bonchev–Trinajstić information content (AvgIpc) is 2.64. The number of hydrogen-bond donors (Lipinski definition) is 2. The van der Waals surface area contributed by atoms with Gasteiger partial charge in [0.2, 0.25) is 0 Å². The maximum Gasteiger partial charge on any atom is 0.259 e. The first-order chi connectivity index (χ1) is 13.3. The smallest absolute Gasteiger partial charge is 0.259 e. The summed E-state index contributed by atoms with van der Waals surface area (Å²) in [6.07, 6.45) is 0. The minimum absolute atomic E-state index is 0. The molecule has 0 fully saturated rings. The Morgan fingerprint density at radius 3 is 2.62 bits per heavy atom. The van der Waals surface area contributed by atoms with Gasteiger partial charge in [0.1, 0.15) is 5.75 Å². The van der Waals surface area contributed by atoms with Crippen LogP contribution in [0.3, 0.4) is 0 Å². The van der Waals surface area contributed by atoms with E-state index in [4.69, 9.17) is 33.7 Å². The van der Waals surface area contributed by atoms with E-state index >= 15 is 0 Å². The van der Waals surface area contributed by atoms with Crippen LogP contribution in [0.5, 0.6) is 5.75 Å². The molecule has 2 rings (SSSR count). The second-order valence-electron chi connectivity index (χ2n) is 6.46. The molecule has 0 bridgehead atoms. The van der Waals surface area contributed by atoms with Gasteiger partial charge in [-0.2, -0.15) is 0 Å². The first-order valence-corrected chi connectivity index (χ1v) is 9.45. The van der Waals surface area contributed by atoms with Crippen molar-refractivity contribution in [2.45, 2.75) is 19.5 Å². The molecule has 0 heterocycles. The maximum absolute atomic E-state index is 11.6. The van der Waals surface area contributed by atoms with Crippen LogP contribution in [0.25, 0.3) is 0 Å². The summed E-state index contributed by atoms with van der Waals surface area (Å²) < 4.78 is 5.51. The average molecular weight is 551 g/mol. The molecule has 0 radical (unpaired) electrons. The standard InChI is InChI=1S/C20H24Cl2N4O2.HI/c1-13(17-8-7-15(21)10-18(17)22)25-20(23)24-11-14-5-4-6-16(9-14)28-12-19(27)26(2)3;/h4-10,13H,11-12H2,1-3H3,(H3,23,24,25);1H. The van der Waals surface area contributed by atoms with Gasteiger partial charge in [0, 0.05) is 24.1 Å². The Balaban J connectivity index is 0.00000420. The number of amides is 1. The van der Waals surface area contributed by atoms with Crippen LogP contribution in [0, 0.1) is 0 Å². The molecule has 3 N–H and O–H groups in total. The summed E-state index contributed by atoms with van der Waals surface area (Å²) >= 11 is 12.2. The Hall–Kier alpha value is -1.71. The zero-order valence-electron chi connectivity index (χ0n) is 16.5. The van der Waals surface area contributed by atoms with Gasteiger partial charge < -0.3 is 20.7 Å². The van der Waals surface area contributed by atoms with Crippen LogP contribution in [-0.4, -0.2) is 37.5 Å². The predicted molar refractivity (Wildman–Crippen MR) is 129 cm³/mol. The van der Waals surface area contributed by atoms with E-state index in [-0.39, 0.29) is 42.5 Å². The van der Waals surface area contributed by atoms with Gasteiger partial charge in [-0.15, -0.1) is 24.0 Å². The Kier molecular flexibility index (Phi) is 10.6. The van der Waals surface area contributed by atoms with E-state index in [0.717, 1.165) is 11.1 Å². The van der Waals surface area contributed by atoms with Gasteiger partial charge in [0.25, 0.3) is 5.91 Å². The molecule has 0 spiro atoms. The molecule has 0 saturated carbocycles. The number of halogens is 3. The molecule has 0 aromatic heterocycles. The third-order valence-corrected chi connectivity index (χ3v) is 4.55. The number of benzene rings is 2. The monoisotopic (exact) mass is 550 g/mol. The van der Waals surface area contributed by atoms with Crippen molar-refractivity contribution in [2.75, 3.05) is 20.7 Å². The highest BCUT2D eigenvalue weighted by atomic mass is 127. The number of nitrogens with two attached hydrogens (primary N) is 1. The van der Waals surface area contributed by atoms with Crippen LogP contribution in [0.2, 0.25) is 10.0 Å². The molecule has 1 unspecified atom stereocenters. The lowest BCUT2D eigenvalue weighted by atomic mass is 10.1. The van der Waals surface area contributed by atoms with Gasteiger partial charge in [-0.25, -0.2) is 4.99 Å². The van der Waals surface area contributed by atoms with E-state index in [1.807, 2.05) is 31.2 Å². The summed E-state index contributed by atoms with van der Waals surface area (Å²) in [5, 5.41) is 4.26. The van der Waals surface area contributed by atoms with Crippen LogP contribution in [0.4, 0.5) is 0 Å². The fourth-order valence-corrected chi connectivity index (χ4v) is 2.95. The van der Waals surface area contributed by atoms with Crippen LogP contribution in [0.1, 0.15) is 24.1 Å². The predicted octanol–water partition coefficient (Wildman–Crippen LogP) is 4.24. The number of carbonyl (C=O) groups is 1. The van der Waals surface area contributed by atoms with Crippen LogP contribution >= 0.6 is 47.2 Å². The van der Waals surface area contributed by atoms with Crippen LogP contribution in [-0.2, 0) is 11.3 Å². The Labute approximate surface area is 198 Å². The molecule has 1 atom stereocenters. The highest BCUT2D eigenvalue weighted by Gasteiger charge is 2.11. The van der Waals surface area contributed by atoms with Gasteiger partial charge in [-0.05, 0) is 42.3 Å². The first kappa shape index (κ1) is 25.3. The largest absolute Gasteiger partial charge is 0.484 e. The number of nitrogens with one attached hydrogen (secondary N) is 1. The van der Waals surface area contributed by atoms with Crippen molar-refractivity contribution >= 4 is 59.0 Å². The molecular formula is C20H25Cl2IN4O2. The van der Waals surface area contributed by atoms with Crippen molar-refractivity contribution in [3.05, 3.63) is 63.6 Å². The second-order valence-corrected chi connectivity index (χ2v) is 7.30. The Morgan fingerprint density at radius 2 is 1.97 bits per heavy atom. The Morgan fingerprint density at radius 1 is 1.24 bits per heavy atom.